The van der Waals surface area contributed by atoms with E-state index in [0.29, 0.717) is 33.8 Å². The molecule has 3 aromatic rings. The zero-order valence-electron chi connectivity index (χ0n) is 17.2. The van der Waals surface area contributed by atoms with Gasteiger partial charge >= 0.3 is 6.18 Å². The van der Waals surface area contributed by atoms with Crippen molar-refractivity contribution in [2.24, 2.45) is 0 Å². The maximum Gasteiger partial charge on any atom is 0.424 e. The normalized spacial score (nSPS) is 13.3. The minimum atomic E-state index is -5.10. The van der Waals surface area contributed by atoms with Crippen LogP contribution in [0.1, 0.15) is 33.0 Å². The molecule has 1 atom stereocenters. The number of hydrogen-bond acceptors (Lipinski definition) is 5. The molecule has 1 aromatic heterocycles. The summed E-state index contributed by atoms with van der Waals surface area (Å²) in [4.78, 5) is 28.5. The van der Waals surface area contributed by atoms with Gasteiger partial charge in [-0.05, 0) is 43.7 Å². The molecule has 0 bridgehead atoms. The van der Waals surface area contributed by atoms with Crippen LogP contribution in [0.15, 0.2) is 53.9 Å². The Labute approximate surface area is 186 Å². The molecule has 3 N–H and O–H groups in total. The van der Waals surface area contributed by atoms with Gasteiger partial charge in [-0.2, -0.15) is 13.2 Å². The first-order valence-electron chi connectivity index (χ1n) is 9.48. The molecule has 0 saturated heterocycles. The fourth-order valence-corrected chi connectivity index (χ4v) is 3.81. The zero-order valence-corrected chi connectivity index (χ0v) is 18.0. The lowest BCUT2D eigenvalue weighted by atomic mass is 9.99. The molecule has 168 valence electrons. The van der Waals surface area contributed by atoms with Crippen molar-refractivity contribution in [2.75, 3.05) is 10.6 Å². The first-order valence-corrected chi connectivity index (χ1v) is 10.4. The summed E-state index contributed by atoms with van der Waals surface area (Å²) in [5.74, 6) is -1.43. The Kier molecular flexibility index (Phi) is 6.65. The van der Waals surface area contributed by atoms with Crippen molar-refractivity contribution in [1.82, 2.24) is 4.98 Å². The summed E-state index contributed by atoms with van der Waals surface area (Å²) in [6.07, 6.45) is -6.36. The summed E-state index contributed by atoms with van der Waals surface area (Å²) in [6.45, 7) is 3.15. The number of hydrogen-bond donors (Lipinski definition) is 3. The average molecular weight is 463 g/mol. The van der Waals surface area contributed by atoms with Crippen molar-refractivity contribution in [2.45, 2.75) is 32.0 Å². The topological polar surface area (TPSA) is 91.3 Å². The van der Waals surface area contributed by atoms with Crippen molar-refractivity contribution in [3.05, 3.63) is 75.7 Å². The number of rotatable bonds is 6. The fraction of sp³-hybridized carbons (Fsp3) is 0.227. The third kappa shape index (κ3) is 5.14. The van der Waals surface area contributed by atoms with E-state index < -0.39 is 29.1 Å². The molecule has 3 rings (SSSR count). The summed E-state index contributed by atoms with van der Waals surface area (Å²) >= 11 is 0.633. The van der Waals surface area contributed by atoms with Gasteiger partial charge in [0.25, 0.3) is 5.91 Å². The Bertz CT molecular complexity index is 1130. The number of amides is 2. The summed E-state index contributed by atoms with van der Waals surface area (Å²) in [7, 11) is 0. The Balaban J connectivity index is 1.78. The second-order valence-electron chi connectivity index (χ2n) is 7.23. The van der Waals surface area contributed by atoms with Crippen LogP contribution in [-0.4, -0.2) is 28.1 Å². The lowest BCUT2D eigenvalue weighted by Gasteiger charge is -2.28. The highest BCUT2D eigenvalue weighted by Crippen LogP contribution is 2.43. The van der Waals surface area contributed by atoms with Crippen molar-refractivity contribution < 1.29 is 27.9 Å². The number of halogens is 3. The number of anilines is 2. The second-order valence-corrected chi connectivity index (χ2v) is 8.08. The fourth-order valence-electron chi connectivity index (χ4n) is 2.89. The molecule has 0 aliphatic heterocycles. The van der Waals surface area contributed by atoms with E-state index >= 15 is 0 Å². The van der Waals surface area contributed by atoms with Crippen LogP contribution in [0.4, 0.5) is 24.5 Å². The molecule has 0 fully saturated rings. The lowest BCUT2D eigenvalue weighted by molar-refractivity contribution is -0.266. The van der Waals surface area contributed by atoms with Gasteiger partial charge in [-0.1, -0.05) is 24.3 Å². The number of thiazole rings is 1. The predicted molar refractivity (Wildman–Crippen MR) is 116 cm³/mol. The van der Waals surface area contributed by atoms with E-state index in [1.54, 1.807) is 49.4 Å². The first kappa shape index (κ1) is 23.4. The van der Waals surface area contributed by atoms with Gasteiger partial charge in [0, 0.05) is 28.0 Å². The monoisotopic (exact) mass is 463 g/mol. The Morgan fingerprint density at radius 1 is 1.06 bits per heavy atom. The van der Waals surface area contributed by atoms with Crippen LogP contribution in [0.2, 0.25) is 0 Å². The molecule has 2 amide bonds. The van der Waals surface area contributed by atoms with Gasteiger partial charge in [-0.15, -0.1) is 11.3 Å². The molecular formula is C22H20F3N3O3S. The summed E-state index contributed by atoms with van der Waals surface area (Å²) < 4.78 is 40.9. The van der Waals surface area contributed by atoms with Gasteiger partial charge < -0.3 is 15.7 Å². The lowest BCUT2D eigenvalue weighted by Crippen LogP contribution is -2.45. The van der Waals surface area contributed by atoms with E-state index in [-0.39, 0.29) is 11.6 Å². The zero-order chi connectivity index (χ0) is 23.5. The first-order chi connectivity index (χ1) is 15.0. The van der Waals surface area contributed by atoms with Crippen LogP contribution in [0.3, 0.4) is 0 Å². The highest BCUT2D eigenvalue weighted by atomic mass is 32.1. The largest absolute Gasteiger partial charge is 0.424 e. The Morgan fingerprint density at radius 2 is 1.75 bits per heavy atom. The number of nitrogens with zero attached hydrogens (tertiary/aromatic N) is 1. The molecule has 6 nitrogen and oxygen atoms in total. The predicted octanol–water partition coefficient (Wildman–Crippen LogP) is 4.79. The highest BCUT2D eigenvalue weighted by Gasteiger charge is 2.58. The molecule has 2 aromatic carbocycles. The van der Waals surface area contributed by atoms with Gasteiger partial charge in [0.2, 0.25) is 11.5 Å². The number of benzene rings is 2. The maximum absolute atomic E-state index is 13.6. The van der Waals surface area contributed by atoms with Crippen LogP contribution in [0.25, 0.3) is 0 Å². The minimum Gasteiger partial charge on any atom is -0.374 e. The molecule has 0 radical (unpaired) electrons. The summed E-state index contributed by atoms with van der Waals surface area (Å²) in [5.41, 5.74) is -1.56. The quantitative estimate of drug-likeness (QED) is 0.490. The van der Waals surface area contributed by atoms with Crippen LogP contribution in [0.5, 0.6) is 0 Å². The number of aliphatic hydroxyl groups is 1. The van der Waals surface area contributed by atoms with Crippen molar-refractivity contribution in [3.8, 4) is 0 Å². The maximum atomic E-state index is 13.6. The van der Waals surface area contributed by atoms with Crippen molar-refractivity contribution >= 4 is 34.5 Å². The molecule has 1 unspecified atom stereocenters. The number of carbonyl (C=O) groups excluding carboxylic acids is 2. The molecule has 0 saturated carbocycles. The smallest absolute Gasteiger partial charge is 0.374 e. The third-order valence-corrected chi connectivity index (χ3v) is 5.77. The van der Waals surface area contributed by atoms with Gasteiger partial charge in [0.1, 0.15) is 5.01 Å². The number of aromatic nitrogens is 1. The molecule has 0 aliphatic carbocycles. The molecule has 1 heterocycles. The molecule has 0 spiro atoms. The van der Waals surface area contributed by atoms with Gasteiger partial charge in [0.15, 0.2) is 0 Å². The van der Waals surface area contributed by atoms with E-state index in [9.17, 15) is 27.9 Å². The van der Waals surface area contributed by atoms with E-state index in [0.717, 1.165) is 0 Å². The van der Waals surface area contributed by atoms with Crippen LogP contribution >= 0.6 is 11.3 Å². The van der Waals surface area contributed by atoms with Crippen LogP contribution in [0, 0.1) is 13.8 Å². The molecular weight excluding hydrogens is 443 g/mol. The summed E-state index contributed by atoms with van der Waals surface area (Å²) in [6, 6.07) is 13.1. The molecule has 10 heteroatoms. The Morgan fingerprint density at radius 3 is 2.34 bits per heavy atom. The average Bonchev–Trinajstić information content (AvgIpc) is 3.17. The standard InChI is InChI=1S/C22H20F3N3O3S/c1-13-8-9-16(27-19(30)15-6-4-3-5-7-15)10-17(13)28-18(29)11-21(31,22(23,24)25)20-26-14(2)12-32-20/h3-10,12,31H,11H2,1-2H3,(H,27,30)(H,28,29). The van der Waals surface area contributed by atoms with Crippen LogP contribution < -0.4 is 10.6 Å². The number of alkyl halides is 3. The SMILES string of the molecule is Cc1csc(C(O)(CC(=O)Nc2cc(NC(=O)c3ccccc3)ccc2C)C(F)(F)F)n1. The van der Waals surface area contributed by atoms with Crippen LogP contribution in [-0.2, 0) is 10.4 Å². The second kappa shape index (κ2) is 9.09. The van der Waals surface area contributed by atoms with E-state index in [4.69, 9.17) is 0 Å². The van der Waals surface area contributed by atoms with Crippen molar-refractivity contribution in [1.29, 1.82) is 0 Å². The Hall–Kier alpha value is -3.24. The van der Waals surface area contributed by atoms with Gasteiger partial charge in [-0.3, -0.25) is 9.59 Å². The van der Waals surface area contributed by atoms with Gasteiger partial charge in [-0.25, -0.2) is 4.98 Å². The third-order valence-electron chi connectivity index (χ3n) is 4.66. The van der Waals surface area contributed by atoms with Gasteiger partial charge in [0.05, 0.1) is 6.42 Å². The molecule has 32 heavy (non-hydrogen) atoms. The molecule has 0 aliphatic rings. The number of nitrogens with one attached hydrogen (secondary N) is 2. The van der Waals surface area contributed by atoms with E-state index in [2.05, 4.69) is 15.6 Å². The number of carbonyl (C=O) groups is 2. The van der Waals surface area contributed by atoms with E-state index in [1.807, 2.05) is 0 Å². The highest BCUT2D eigenvalue weighted by molar-refractivity contribution is 7.09. The minimum absolute atomic E-state index is 0.209. The van der Waals surface area contributed by atoms with E-state index in [1.165, 1.54) is 18.4 Å². The van der Waals surface area contributed by atoms with Crippen molar-refractivity contribution in [3.63, 3.8) is 0 Å². The summed E-state index contributed by atoms with van der Waals surface area (Å²) in [5, 5.41) is 16.2. The number of aryl methyl sites for hydroxylation is 2.